The first kappa shape index (κ1) is 14.3. The smallest absolute Gasteiger partial charge is 0.181 e. The van der Waals surface area contributed by atoms with E-state index in [0.29, 0.717) is 0 Å². The van der Waals surface area contributed by atoms with Crippen LogP contribution in [0.3, 0.4) is 0 Å². The third-order valence-corrected chi connectivity index (χ3v) is 4.03. The van der Waals surface area contributed by atoms with E-state index >= 15 is 0 Å². The van der Waals surface area contributed by atoms with Gasteiger partial charge >= 0.3 is 0 Å². The molecule has 104 valence electrons. The lowest BCUT2D eigenvalue weighted by Crippen LogP contribution is -2.34. The first-order valence-electron chi connectivity index (χ1n) is 5.87. The third-order valence-electron chi connectivity index (χ3n) is 2.62. The monoisotopic (exact) mass is 287 g/mol. The van der Waals surface area contributed by atoms with Crippen LogP contribution in [0.2, 0.25) is 0 Å². The van der Waals surface area contributed by atoms with E-state index in [2.05, 4.69) is 4.40 Å². The molecule has 0 aromatic heterocycles. The van der Waals surface area contributed by atoms with Crippen molar-refractivity contribution >= 4 is 17.1 Å². The van der Waals surface area contributed by atoms with Gasteiger partial charge in [-0.15, -0.1) is 0 Å². The predicted octanol–water partition coefficient (Wildman–Crippen LogP) is 2.81. The molecule has 0 fully saturated rings. The lowest BCUT2D eigenvalue weighted by Gasteiger charge is -2.24. The number of fused-ring (bicyclic) bond motifs is 1. The molecule has 1 aromatic rings. The Morgan fingerprint density at radius 2 is 2.11 bits per heavy atom. The van der Waals surface area contributed by atoms with Crippen LogP contribution in [-0.2, 0) is 11.4 Å². The fraction of sp³-hybridized carbons (Fsp3) is 0.462. The molecule has 0 amide bonds. The average Bonchev–Trinajstić information content (AvgIpc) is 2.31. The van der Waals surface area contributed by atoms with Gasteiger partial charge in [-0.1, -0.05) is 10.5 Å². The number of hydrogen-bond donors (Lipinski definition) is 0. The molecule has 1 aliphatic rings. The van der Waals surface area contributed by atoms with Crippen LogP contribution < -0.4 is 4.74 Å². The molecule has 0 N–H and O–H groups in total. The molecule has 1 heterocycles. The van der Waals surface area contributed by atoms with Gasteiger partial charge in [0, 0.05) is 5.56 Å². The maximum Gasteiger partial charge on any atom is 0.181 e. The van der Waals surface area contributed by atoms with E-state index in [1.54, 1.807) is 20.8 Å². The molecular formula is C13H15F2NO2S. The third kappa shape index (κ3) is 2.90. The quantitative estimate of drug-likeness (QED) is 0.746. The topological polar surface area (TPSA) is 44.7 Å². The van der Waals surface area contributed by atoms with Crippen molar-refractivity contribution in [2.24, 2.45) is 4.40 Å². The second-order valence-corrected chi connectivity index (χ2v) is 7.14. The summed E-state index contributed by atoms with van der Waals surface area (Å²) in [6.45, 7) is 4.92. The Bertz CT molecular complexity index is 514. The molecule has 19 heavy (non-hydrogen) atoms. The SMILES string of the molecule is CC(C)(C)[S@@+]([O-])/N=C1/c2cccc(F)c2OCC1F. The zero-order valence-electron chi connectivity index (χ0n) is 10.9. The lowest BCUT2D eigenvalue weighted by molar-refractivity contribution is 0.222. The van der Waals surface area contributed by atoms with Crippen molar-refractivity contribution in [2.75, 3.05) is 6.61 Å². The minimum absolute atomic E-state index is 0.00555. The van der Waals surface area contributed by atoms with Crippen LogP contribution in [0.25, 0.3) is 0 Å². The van der Waals surface area contributed by atoms with Crippen molar-refractivity contribution in [1.29, 1.82) is 0 Å². The highest BCUT2D eigenvalue weighted by atomic mass is 32.2. The minimum atomic E-state index is -1.60. The molecule has 1 aromatic carbocycles. The van der Waals surface area contributed by atoms with Gasteiger partial charge in [0.05, 0.1) is 0 Å². The van der Waals surface area contributed by atoms with E-state index in [0.717, 1.165) is 0 Å². The number of alkyl halides is 1. The van der Waals surface area contributed by atoms with Crippen molar-refractivity contribution in [3.63, 3.8) is 0 Å². The van der Waals surface area contributed by atoms with Gasteiger partial charge in [-0.2, -0.15) is 0 Å². The predicted molar refractivity (Wildman–Crippen MR) is 71.2 cm³/mol. The number of rotatable bonds is 1. The van der Waals surface area contributed by atoms with Crippen LogP contribution in [0.4, 0.5) is 8.78 Å². The van der Waals surface area contributed by atoms with Gasteiger partial charge in [0.25, 0.3) is 0 Å². The number of benzene rings is 1. The molecule has 0 saturated carbocycles. The summed E-state index contributed by atoms with van der Waals surface area (Å²) in [5, 5.41) is 0. The van der Waals surface area contributed by atoms with Gasteiger partial charge in [-0.05, 0) is 32.9 Å². The number of nitrogens with zero attached hydrogens (tertiary/aromatic N) is 1. The first-order chi connectivity index (χ1) is 8.80. The summed E-state index contributed by atoms with van der Waals surface area (Å²) in [6.07, 6.45) is -1.50. The molecule has 0 saturated heterocycles. The van der Waals surface area contributed by atoms with Crippen molar-refractivity contribution in [3.8, 4) is 5.75 Å². The second-order valence-electron chi connectivity index (χ2n) is 5.23. The summed E-state index contributed by atoms with van der Waals surface area (Å²) in [7, 11) is 0. The van der Waals surface area contributed by atoms with Crippen molar-refractivity contribution < 1.29 is 18.1 Å². The molecule has 3 nitrogen and oxygen atoms in total. The summed E-state index contributed by atoms with van der Waals surface area (Å²) in [4.78, 5) is 0. The summed E-state index contributed by atoms with van der Waals surface area (Å²) in [5.41, 5.74) is 0.227. The second kappa shape index (κ2) is 5.09. The Morgan fingerprint density at radius 3 is 2.74 bits per heavy atom. The van der Waals surface area contributed by atoms with Crippen molar-refractivity contribution in [3.05, 3.63) is 29.6 Å². The van der Waals surface area contributed by atoms with Gasteiger partial charge < -0.3 is 9.29 Å². The minimum Gasteiger partial charge on any atom is -0.591 e. The highest BCUT2D eigenvalue weighted by Crippen LogP contribution is 2.30. The van der Waals surface area contributed by atoms with E-state index in [1.807, 2.05) is 0 Å². The largest absolute Gasteiger partial charge is 0.591 e. The lowest BCUT2D eigenvalue weighted by atomic mass is 10.0. The highest BCUT2D eigenvalue weighted by molar-refractivity contribution is 7.91. The number of ether oxygens (including phenoxy) is 1. The maximum atomic E-state index is 13.9. The maximum absolute atomic E-state index is 13.9. The highest BCUT2D eigenvalue weighted by Gasteiger charge is 2.34. The van der Waals surface area contributed by atoms with Gasteiger partial charge in [-0.3, -0.25) is 0 Å². The van der Waals surface area contributed by atoms with Gasteiger partial charge in [0.2, 0.25) is 0 Å². The zero-order valence-corrected chi connectivity index (χ0v) is 11.8. The molecule has 2 rings (SSSR count). The Hall–Kier alpha value is -1.14. The van der Waals surface area contributed by atoms with Crippen LogP contribution in [0, 0.1) is 5.82 Å². The zero-order chi connectivity index (χ0) is 14.2. The summed E-state index contributed by atoms with van der Waals surface area (Å²) >= 11 is -1.60. The fourth-order valence-electron chi connectivity index (χ4n) is 1.59. The summed E-state index contributed by atoms with van der Waals surface area (Å²) < 4.78 is 47.8. The van der Waals surface area contributed by atoms with Gasteiger partial charge in [0.1, 0.15) is 28.4 Å². The van der Waals surface area contributed by atoms with Crippen LogP contribution in [0.1, 0.15) is 26.3 Å². The van der Waals surface area contributed by atoms with E-state index in [9.17, 15) is 13.3 Å². The fourth-order valence-corrected chi connectivity index (χ4v) is 2.26. The standard InChI is InChI=1S/C13H15F2NO2S/c1-13(2,3)19(17)16-11-8-5-4-6-9(14)12(8)18-7-10(11)15/h4-6,10H,7H2,1-3H3/b16-11-/t10?,19-/m1/s1. The Labute approximate surface area is 114 Å². The van der Waals surface area contributed by atoms with Crippen molar-refractivity contribution in [1.82, 2.24) is 0 Å². The molecular weight excluding hydrogens is 272 g/mol. The Morgan fingerprint density at radius 1 is 1.42 bits per heavy atom. The van der Waals surface area contributed by atoms with E-state index < -0.39 is 28.1 Å². The van der Waals surface area contributed by atoms with E-state index in [-0.39, 0.29) is 23.6 Å². The number of halogens is 2. The van der Waals surface area contributed by atoms with Crippen LogP contribution >= 0.6 is 0 Å². The molecule has 2 atom stereocenters. The Balaban J connectivity index is 2.47. The number of para-hydroxylation sites is 1. The van der Waals surface area contributed by atoms with Crippen molar-refractivity contribution in [2.45, 2.75) is 31.7 Å². The summed E-state index contributed by atoms with van der Waals surface area (Å²) in [5.74, 6) is -0.597. The van der Waals surface area contributed by atoms with Gasteiger partial charge in [0.15, 0.2) is 17.7 Å². The molecule has 6 heteroatoms. The van der Waals surface area contributed by atoms with E-state index in [4.69, 9.17) is 4.74 Å². The normalized spacial score (nSPS) is 22.8. The molecule has 0 aliphatic carbocycles. The first-order valence-corrected chi connectivity index (χ1v) is 6.97. The van der Waals surface area contributed by atoms with Crippen LogP contribution in [-0.4, -0.2) is 27.8 Å². The van der Waals surface area contributed by atoms with Crippen LogP contribution in [0.5, 0.6) is 5.75 Å². The molecule has 0 spiro atoms. The molecule has 0 bridgehead atoms. The van der Waals surface area contributed by atoms with Gasteiger partial charge in [-0.25, -0.2) is 8.78 Å². The average molecular weight is 287 g/mol. The molecule has 0 radical (unpaired) electrons. The van der Waals surface area contributed by atoms with E-state index in [1.165, 1.54) is 18.2 Å². The Kier molecular flexibility index (Phi) is 3.82. The van der Waals surface area contributed by atoms with Crippen LogP contribution in [0.15, 0.2) is 22.6 Å². The molecule has 1 aliphatic heterocycles. The molecule has 1 unspecified atom stereocenters. The summed E-state index contributed by atoms with van der Waals surface area (Å²) in [6, 6.07) is 4.20. The number of hydrogen-bond acceptors (Lipinski definition) is 3.